The molecule has 3 aromatic rings. The van der Waals surface area contributed by atoms with Crippen molar-refractivity contribution in [2.24, 2.45) is 5.73 Å². The number of alkyl halides is 3. The molecule has 0 aliphatic heterocycles. The van der Waals surface area contributed by atoms with Crippen molar-refractivity contribution in [3.63, 3.8) is 0 Å². The van der Waals surface area contributed by atoms with Gasteiger partial charge >= 0.3 is 6.18 Å². The number of ketones is 1. The molecule has 11 heteroatoms. The van der Waals surface area contributed by atoms with Crippen molar-refractivity contribution in [3.8, 4) is 0 Å². The molecule has 0 radical (unpaired) electrons. The van der Waals surface area contributed by atoms with Gasteiger partial charge in [-0.2, -0.15) is 13.2 Å². The zero-order valence-corrected chi connectivity index (χ0v) is 17.9. The normalized spacial score (nSPS) is 11.4. The molecule has 1 aromatic carbocycles. The van der Waals surface area contributed by atoms with Crippen LogP contribution in [0.2, 0.25) is 0 Å². The highest BCUT2D eigenvalue weighted by atomic mass is 35.5. The van der Waals surface area contributed by atoms with Gasteiger partial charge in [0.2, 0.25) is 0 Å². The fourth-order valence-corrected chi connectivity index (χ4v) is 4.47. The van der Waals surface area contributed by atoms with E-state index in [2.05, 4.69) is 15.3 Å². The van der Waals surface area contributed by atoms with Gasteiger partial charge < -0.3 is 11.1 Å². The number of carbonyl (C=O) groups excluding carboxylic acids is 1. The standard InChI is InChI=1S/C18H17F3N4OS2.ClH/c1-9-24-16-12(5-10(18(19,20)21)6-13(16)23-2)17(25-9)27-8-14(26)15-4-3-11(7-22)28-15;/h3-6,23H,7-8,22H2,1-2H3;1H. The Hall–Kier alpha value is -1.88. The van der Waals surface area contributed by atoms with Gasteiger partial charge in [0, 0.05) is 23.9 Å². The van der Waals surface area contributed by atoms with Crippen molar-refractivity contribution in [1.29, 1.82) is 0 Å². The number of thioether (sulfide) groups is 1. The Morgan fingerprint density at radius 2 is 2.00 bits per heavy atom. The van der Waals surface area contributed by atoms with Crippen LogP contribution in [0, 0.1) is 6.92 Å². The number of nitrogens with one attached hydrogen (secondary N) is 1. The van der Waals surface area contributed by atoms with Gasteiger partial charge in [0.25, 0.3) is 0 Å². The number of halogens is 4. The van der Waals surface area contributed by atoms with Crippen molar-refractivity contribution in [2.45, 2.75) is 24.7 Å². The van der Waals surface area contributed by atoms with Crippen LogP contribution in [-0.2, 0) is 12.7 Å². The zero-order chi connectivity index (χ0) is 20.5. The fourth-order valence-electron chi connectivity index (χ4n) is 2.62. The number of carbonyl (C=O) groups is 1. The minimum absolute atomic E-state index is 0. The molecule has 0 fully saturated rings. The molecule has 0 bridgehead atoms. The average molecular weight is 463 g/mol. The highest BCUT2D eigenvalue weighted by Crippen LogP contribution is 2.37. The maximum absolute atomic E-state index is 13.3. The number of hydrogen-bond donors (Lipinski definition) is 2. The van der Waals surface area contributed by atoms with E-state index in [1.165, 1.54) is 18.4 Å². The molecule has 29 heavy (non-hydrogen) atoms. The first-order chi connectivity index (χ1) is 13.2. The molecular weight excluding hydrogens is 445 g/mol. The number of hydrogen-bond acceptors (Lipinski definition) is 7. The van der Waals surface area contributed by atoms with Crippen LogP contribution in [0.4, 0.5) is 18.9 Å². The summed E-state index contributed by atoms with van der Waals surface area (Å²) < 4.78 is 39.8. The number of thiophene rings is 1. The molecule has 0 spiro atoms. The second-order valence-corrected chi connectivity index (χ2v) is 8.06. The highest BCUT2D eigenvalue weighted by Gasteiger charge is 2.32. The number of anilines is 1. The Morgan fingerprint density at radius 1 is 1.28 bits per heavy atom. The minimum Gasteiger partial charge on any atom is -0.386 e. The summed E-state index contributed by atoms with van der Waals surface area (Å²) in [5.41, 5.74) is 5.41. The molecule has 0 amide bonds. The van der Waals surface area contributed by atoms with Crippen molar-refractivity contribution in [1.82, 2.24) is 9.97 Å². The number of nitrogens with two attached hydrogens (primary N) is 1. The predicted molar refractivity (Wildman–Crippen MR) is 113 cm³/mol. The zero-order valence-electron chi connectivity index (χ0n) is 15.5. The van der Waals surface area contributed by atoms with Crippen LogP contribution >= 0.6 is 35.5 Å². The lowest BCUT2D eigenvalue weighted by Crippen LogP contribution is -2.08. The Kier molecular flexibility index (Phi) is 7.50. The maximum Gasteiger partial charge on any atom is 0.416 e. The Balaban J connectivity index is 0.00000300. The van der Waals surface area contributed by atoms with Crippen LogP contribution < -0.4 is 11.1 Å². The SMILES string of the molecule is CNc1cc(C(F)(F)F)cc2c(SCC(=O)c3ccc(CN)s3)nc(C)nc12.Cl. The van der Waals surface area contributed by atoms with Crippen molar-refractivity contribution < 1.29 is 18.0 Å². The third kappa shape index (κ3) is 5.19. The number of nitrogens with zero attached hydrogens (tertiary/aromatic N) is 2. The van der Waals surface area contributed by atoms with Gasteiger partial charge in [-0.3, -0.25) is 4.79 Å². The number of fused-ring (bicyclic) bond motifs is 1. The largest absolute Gasteiger partial charge is 0.416 e. The summed E-state index contributed by atoms with van der Waals surface area (Å²) in [6, 6.07) is 5.55. The van der Waals surface area contributed by atoms with E-state index in [0.29, 0.717) is 27.8 Å². The Bertz CT molecular complexity index is 1040. The molecule has 2 aromatic heterocycles. The number of rotatable bonds is 6. The molecule has 3 rings (SSSR count). The second kappa shape index (κ2) is 9.29. The second-order valence-electron chi connectivity index (χ2n) is 5.93. The molecule has 0 unspecified atom stereocenters. The first-order valence-electron chi connectivity index (χ1n) is 8.25. The van der Waals surface area contributed by atoms with E-state index in [-0.39, 0.29) is 35.0 Å². The van der Waals surface area contributed by atoms with E-state index in [1.54, 1.807) is 19.1 Å². The summed E-state index contributed by atoms with van der Waals surface area (Å²) in [7, 11) is 1.54. The van der Waals surface area contributed by atoms with E-state index in [9.17, 15) is 18.0 Å². The van der Waals surface area contributed by atoms with Gasteiger partial charge in [0.15, 0.2) is 5.78 Å². The van der Waals surface area contributed by atoms with Gasteiger partial charge in [0.05, 0.1) is 27.4 Å². The monoisotopic (exact) mass is 462 g/mol. The average Bonchev–Trinajstić information content (AvgIpc) is 3.13. The predicted octanol–water partition coefficient (Wildman–Crippen LogP) is 4.92. The molecule has 0 aliphatic rings. The summed E-state index contributed by atoms with van der Waals surface area (Å²) in [5.74, 6) is 0.349. The first-order valence-corrected chi connectivity index (χ1v) is 10.0. The van der Waals surface area contributed by atoms with Crippen LogP contribution in [0.25, 0.3) is 10.9 Å². The van der Waals surface area contributed by atoms with Crippen LogP contribution in [0.15, 0.2) is 29.3 Å². The Labute approximate surface area is 179 Å². The minimum atomic E-state index is -4.50. The van der Waals surface area contributed by atoms with Crippen molar-refractivity contribution >= 4 is 57.9 Å². The van der Waals surface area contributed by atoms with E-state index in [1.807, 2.05) is 0 Å². The summed E-state index contributed by atoms with van der Waals surface area (Å²) in [4.78, 5) is 22.4. The quantitative estimate of drug-likeness (QED) is 0.307. The van der Waals surface area contributed by atoms with Gasteiger partial charge in [-0.1, -0.05) is 11.8 Å². The van der Waals surface area contributed by atoms with Gasteiger partial charge in [-0.25, -0.2) is 9.97 Å². The van der Waals surface area contributed by atoms with E-state index in [0.717, 1.165) is 28.8 Å². The van der Waals surface area contributed by atoms with E-state index < -0.39 is 11.7 Å². The van der Waals surface area contributed by atoms with Crippen molar-refractivity contribution in [3.05, 3.63) is 45.4 Å². The van der Waals surface area contributed by atoms with Crippen LogP contribution in [0.5, 0.6) is 0 Å². The molecule has 0 saturated heterocycles. The molecule has 0 aliphatic carbocycles. The fraction of sp³-hybridized carbons (Fsp3) is 0.278. The lowest BCUT2D eigenvalue weighted by molar-refractivity contribution is -0.137. The summed E-state index contributed by atoms with van der Waals surface area (Å²) in [6.45, 7) is 2.02. The number of aromatic nitrogens is 2. The van der Waals surface area contributed by atoms with Crippen LogP contribution in [0.3, 0.4) is 0 Å². The summed E-state index contributed by atoms with van der Waals surface area (Å²) >= 11 is 2.42. The maximum atomic E-state index is 13.3. The van der Waals surface area contributed by atoms with E-state index >= 15 is 0 Å². The molecule has 2 heterocycles. The summed E-state index contributed by atoms with van der Waals surface area (Å²) in [5, 5.41) is 3.36. The molecule has 0 saturated carbocycles. The molecule has 3 N–H and O–H groups in total. The van der Waals surface area contributed by atoms with Crippen LogP contribution in [0.1, 0.15) is 25.9 Å². The molecule has 156 valence electrons. The lowest BCUT2D eigenvalue weighted by Gasteiger charge is -2.14. The number of aryl methyl sites for hydroxylation is 1. The molecule has 0 atom stereocenters. The number of Topliss-reactive ketones (excluding diaryl/α,β-unsaturated/α-hetero) is 1. The van der Waals surface area contributed by atoms with Gasteiger partial charge in [0.1, 0.15) is 10.9 Å². The van der Waals surface area contributed by atoms with Gasteiger partial charge in [-0.05, 0) is 31.2 Å². The molecular formula is C18H18ClF3N4OS2. The van der Waals surface area contributed by atoms with Gasteiger partial charge in [-0.15, -0.1) is 23.7 Å². The van der Waals surface area contributed by atoms with Crippen molar-refractivity contribution in [2.75, 3.05) is 18.1 Å². The topological polar surface area (TPSA) is 80.9 Å². The summed E-state index contributed by atoms with van der Waals surface area (Å²) in [6.07, 6.45) is -4.50. The molecule has 5 nitrogen and oxygen atoms in total. The highest BCUT2D eigenvalue weighted by molar-refractivity contribution is 8.00. The third-order valence-electron chi connectivity index (χ3n) is 3.95. The van der Waals surface area contributed by atoms with E-state index in [4.69, 9.17) is 5.73 Å². The third-order valence-corrected chi connectivity index (χ3v) is 6.09. The van der Waals surface area contributed by atoms with Crippen LogP contribution in [-0.4, -0.2) is 28.6 Å². The smallest absolute Gasteiger partial charge is 0.386 e. The first kappa shape index (κ1) is 23.4. The number of benzene rings is 1. The Morgan fingerprint density at radius 3 is 2.59 bits per heavy atom. The lowest BCUT2D eigenvalue weighted by atomic mass is 10.1.